The van der Waals surface area contributed by atoms with Gasteiger partial charge in [-0.25, -0.2) is 0 Å². The topological polar surface area (TPSA) is 56.9 Å². The van der Waals surface area contributed by atoms with Gasteiger partial charge in [0.2, 0.25) is 0 Å². The summed E-state index contributed by atoms with van der Waals surface area (Å²) in [6, 6.07) is 18.9. The molecule has 1 aliphatic rings. The van der Waals surface area contributed by atoms with Crippen molar-refractivity contribution in [3.05, 3.63) is 60.2 Å². The molecular weight excluding hydrogens is 461 g/mol. The minimum absolute atomic E-state index is 0. The summed E-state index contributed by atoms with van der Waals surface area (Å²) in [5, 5.41) is 3.14. The molecule has 2 aromatic carbocycles. The average molecular weight is 493 g/mol. The molecule has 0 atom stereocenters. The second-order valence-corrected chi connectivity index (χ2v) is 7.13. The van der Waals surface area contributed by atoms with Crippen LogP contribution in [0.15, 0.2) is 59.6 Å². The second kappa shape index (κ2) is 11.9. The number of rotatable bonds is 7. The first-order chi connectivity index (χ1) is 13.2. The van der Waals surface area contributed by atoms with Crippen LogP contribution < -0.4 is 16.0 Å². The van der Waals surface area contributed by atoms with Gasteiger partial charge >= 0.3 is 0 Å². The minimum atomic E-state index is 0. The fraction of sp³-hybridized carbons (Fsp3) is 0.409. The Labute approximate surface area is 186 Å². The Hall–Kier alpha value is -1.80. The van der Waals surface area contributed by atoms with E-state index < -0.39 is 0 Å². The molecule has 28 heavy (non-hydrogen) atoms. The van der Waals surface area contributed by atoms with E-state index in [1.54, 1.807) is 0 Å². The Kier molecular flexibility index (Phi) is 9.57. The van der Waals surface area contributed by atoms with Crippen LogP contribution in [0.2, 0.25) is 0 Å². The van der Waals surface area contributed by atoms with Gasteiger partial charge in [-0.1, -0.05) is 35.9 Å². The number of unbranched alkanes of at least 4 members (excludes halogenated alkanes) is 1. The lowest BCUT2D eigenvalue weighted by molar-refractivity contribution is 0.253. The molecule has 0 aliphatic carbocycles. The number of hydrogen-bond donors (Lipinski definition) is 2. The molecule has 0 spiro atoms. The fourth-order valence-electron chi connectivity index (χ4n) is 3.34. The Bertz CT molecular complexity index is 709. The molecule has 1 heterocycles. The predicted molar refractivity (Wildman–Crippen MR) is 131 cm³/mol. The van der Waals surface area contributed by atoms with Crippen LogP contribution in [0.3, 0.4) is 0 Å². The highest BCUT2D eigenvalue weighted by atomic mass is 127. The molecule has 0 saturated carbocycles. The number of hydrogen-bond acceptors (Lipinski definition) is 3. The number of anilines is 2. The summed E-state index contributed by atoms with van der Waals surface area (Å²) >= 11 is 0. The van der Waals surface area contributed by atoms with Gasteiger partial charge in [0, 0.05) is 44.1 Å². The lowest BCUT2D eigenvalue weighted by Crippen LogP contribution is -2.46. The predicted octanol–water partition coefficient (Wildman–Crippen LogP) is 3.94. The molecular formula is C22H32IN5. The van der Waals surface area contributed by atoms with E-state index in [4.69, 9.17) is 5.73 Å². The van der Waals surface area contributed by atoms with Gasteiger partial charge in [0.1, 0.15) is 0 Å². The summed E-state index contributed by atoms with van der Waals surface area (Å²) in [6.45, 7) is 8.47. The lowest BCUT2D eigenvalue weighted by Gasteiger charge is -2.36. The van der Waals surface area contributed by atoms with Crippen LogP contribution in [0.5, 0.6) is 0 Å². The van der Waals surface area contributed by atoms with E-state index in [1.807, 2.05) is 12.1 Å². The van der Waals surface area contributed by atoms with Gasteiger partial charge in [0.25, 0.3) is 0 Å². The monoisotopic (exact) mass is 493 g/mol. The van der Waals surface area contributed by atoms with Crippen LogP contribution in [-0.4, -0.2) is 50.1 Å². The van der Waals surface area contributed by atoms with Crippen molar-refractivity contribution < 1.29 is 0 Å². The number of para-hydroxylation sites is 1. The third-order valence-electron chi connectivity index (χ3n) is 4.98. The number of benzene rings is 2. The quantitative estimate of drug-likeness (QED) is 0.266. The van der Waals surface area contributed by atoms with E-state index in [0.29, 0.717) is 5.96 Å². The Morgan fingerprint density at radius 3 is 2.32 bits per heavy atom. The van der Waals surface area contributed by atoms with Crippen molar-refractivity contribution in [1.29, 1.82) is 0 Å². The fourth-order valence-corrected chi connectivity index (χ4v) is 3.34. The highest BCUT2D eigenvalue weighted by Crippen LogP contribution is 2.15. The van der Waals surface area contributed by atoms with Gasteiger partial charge in [-0.15, -0.1) is 24.0 Å². The van der Waals surface area contributed by atoms with E-state index in [1.165, 1.54) is 11.3 Å². The molecule has 1 saturated heterocycles. The zero-order valence-corrected chi connectivity index (χ0v) is 19.0. The van der Waals surface area contributed by atoms with Crippen LogP contribution >= 0.6 is 24.0 Å². The Morgan fingerprint density at radius 2 is 1.64 bits per heavy atom. The molecule has 3 N–H and O–H groups in total. The first-order valence-corrected chi connectivity index (χ1v) is 9.87. The average Bonchev–Trinajstić information content (AvgIpc) is 2.71. The molecule has 2 aromatic rings. The number of aryl methyl sites for hydroxylation is 1. The standard InChI is InChI=1S/C22H31N5.HI/c1-19-9-11-20(12-10-19)25-22(23)24-13-5-6-14-26-15-17-27(18-16-26)21-7-3-2-4-8-21;/h2-4,7-12H,5-6,13-18H2,1H3,(H3,23,24,25);1H. The molecule has 1 fully saturated rings. The first-order valence-electron chi connectivity index (χ1n) is 9.87. The zero-order chi connectivity index (χ0) is 18.9. The molecule has 3 rings (SSSR count). The maximum atomic E-state index is 5.96. The third kappa shape index (κ3) is 7.31. The molecule has 0 radical (unpaired) electrons. The van der Waals surface area contributed by atoms with Crippen LogP contribution in [-0.2, 0) is 0 Å². The van der Waals surface area contributed by atoms with Gasteiger partial charge in [-0.2, -0.15) is 0 Å². The summed E-state index contributed by atoms with van der Waals surface area (Å²) in [6.07, 6.45) is 2.22. The van der Waals surface area contributed by atoms with Crippen LogP contribution in [0.25, 0.3) is 0 Å². The normalized spacial score (nSPS) is 15.2. The highest BCUT2D eigenvalue weighted by Gasteiger charge is 2.16. The summed E-state index contributed by atoms with van der Waals surface area (Å²) in [4.78, 5) is 9.46. The summed E-state index contributed by atoms with van der Waals surface area (Å²) in [5.41, 5.74) is 9.52. The molecule has 5 nitrogen and oxygen atoms in total. The Balaban J connectivity index is 0.00000280. The molecule has 6 heteroatoms. The third-order valence-corrected chi connectivity index (χ3v) is 4.98. The molecule has 152 valence electrons. The van der Waals surface area contributed by atoms with Crippen molar-refractivity contribution >= 4 is 41.3 Å². The van der Waals surface area contributed by atoms with Crippen LogP contribution in [0.4, 0.5) is 11.4 Å². The molecule has 0 unspecified atom stereocenters. The zero-order valence-electron chi connectivity index (χ0n) is 16.7. The molecule has 0 bridgehead atoms. The minimum Gasteiger partial charge on any atom is -0.370 e. The summed E-state index contributed by atoms with van der Waals surface area (Å²) < 4.78 is 0. The van der Waals surface area contributed by atoms with Crippen molar-refractivity contribution in [3.8, 4) is 0 Å². The van der Waals surface area contributed by atoms with Crippen molar-refractivity contribution in [2.75, 3.05) is 49.5 Å². The van der Waals surface area contributed by atoms with E-state index in [9.17, 15) is 0 Å². The summed E-state index contributed by atoms with van der Waals surface area (Å²) in [7, 11) is 0. The highest BCUT2D eigenvalue weighted by molar-refractivity contribution is 14.0. The molecule has 0 amide bonds. The number of piperazine rings is 1. The van der Waals surface area contributed by atoms with E-state index in [0.717, 1.165) is 57.8 Å². The maximum Gasteiger partial charge on any atom is 0.193 e. The number of halogens is 1. The van der Waals surface area contributed by atoms with Crippen LogP contribution in [0, 0.1) is 6.92 Å². The number of nitrogens with zero attached hydrogens (tertiary/aromatic N) is 3. The number of nitrogens with two attached hydrogens (primary N) is 1. The molecule has 1 aliphatic heterocycles. The van der Waals surface area contributed by atoms with E-state index >= 15 is 0 Å². The number of aliphatic imine (C=N–C) groups is 1. The van der Waals surface area contributed by atoms with Gasteiger partial charge in [-0.05, 0) is 50.6 Å². The number of nitrogens with one attached hydrogen (secondary N) is 1. The van der Waals surface area contributed by atoms with Crippen molar-refractivity contribution in [3.63, 3.8) is 0 Å². The smallest absolute Gasteiger partial charge is 0.193 e. The SMILES string of the molecule is Cc1ccc(NC(N)=NCCCCN2CCN(c3ccccc3)CC2)cc1.I. The first kappa shape index (κ1) is 22.5. The maximum absolute atomic E-state index is 5.96. The van der Waals surface area contributed by atoms with Gasteiger partial charge in [0.15, 0.2) is 5.96 Å². The van der Waals surface area contributed by atoms with Gasteiger partial charge in [0.05, 0.1) is 0 Å². The van der Waals surface area contributed by atoms with Crippen molar-refractivity contribution in [1.82, 2.24) is 4.90 Å². The number of guanidine groups is 1. The van der Waals surface area contributed by atoms with Gasteiger partial charge in [-0.3, -0.25) is 9.89 Å². The largest absolute Gasteiger partial charge is 0.370 e. The second-order valence-electron chi connectivity index (χ2n) is 7.13. The lowest BCUT2D eigenvalue weighted by atomic mass is 10.2. The Morgan fingerprint density at radius 1 is 0.964 bits per heavy atom. The van der Waals surface area contributed by atoms with Crippen molar-refractivity contribution in [2.24, 2.45) is 10.7 Å². The van der Waals surface area contributed by atoms with Crippen LogP contribution in [0.1, 0.15) is 18.4 Å². The van der Waals surface area contributed by atoms with Gasteiger partial charge < -0.3 is 16.0 Å². The van der Waals surface area contributed by atoms with E-state index in [-0.39, 0.29) is 24.0 Å². The van der Waals surface area contributed by atoms with E-state index in [2.05, 4.69) is 69.5 Å². The van der Waals surface area contributed by atoms with Crippen molar-refractivity contribution in [2.45, 2.75) is 19.8 Å². The summed E-state index contributed by atoms with van der Waals surface area (Å²) in [5.74, 6) is 0.496. The molecule has 0 aromatic heterocycles.